The molecule has 1 fully saturated rings. The van der Waals surface area contributed by atoms with E-state index < -0.39 is 11.7 Å². The van der Waals surface area contributed by atoms with Crippen molar-refractivity contribution in [3.05, 3.63) is 94.5 Å². The smallest absolute Gasteiger partial charge is 0.376 e. The van der Waals surface area contributed by atoms with Crippen LogP contribution >= 0.6 is 0 Å². The minimum Gasteiger partial charge on any atom is -0.376 e. The number of hydrogen-bond acceptors (Lipinski definition) is 2. The van der Waals surface area contributed by atoms with Crippen molar-refractivity contribution in [1.29, 1.82) is 0 Å². The Morgan fingerprint density at radius 2 is 1.48 bits per heavy atom. The molecular weight excluding hydrogens is 423 g/mol. The van der Waals surface area contributed by atoms with Crippen LogP contribution in [0.15, 0.2) is 66.7 Å². The van der Waals surface area contributed by atoms with E-state index in [0.717, 1.165) is 42.6 Å². The van der Waals surface area contributed by atoms with Crippen molar-refractivity contribution in [2.75, 3.05) is 19.7 Å². The molecule has 1 saturated heterocycles. The summed E-state index contributed by atoms with van der Waals surface area (Å²) >= 11 is 0. The lowest BCUT2D eigenvalue weighted by Crippen LogP contribution is -2.43. The molecule has 0 spiro atoms. The van der Waals surface area contributed by atoms with E-state index in [0.29, 0.717) is 17.7 Å². The first kappa shape index (κ1) is 23.5. The third-order valence-corrected chi connectivity index (χ3v) is 6.47. The Labute approximate surface area is 193 Å². The van der Waals surface area contributed by atoms with E-state index in [1.165, 1.54) is 17.7 Å². The van der Waals surface area contributed by atoms with Crippen LogP contribution in [-0.4, -0.2) is 19.7 Å². The SMILES string of the molecule is Cc1cc(C)cc(-c2cc(COCC3(c4ccccc4)CCNCC3)cc(C(F)(F)F)c2)c1. The second-order valence-electron chi connectivity index (χ2n) is 9.18. The zero-order chi connectivity index (χ0) is 23.5. The second-order valence-corrected chi connectivity index (χ2v) is 9.18. The largest absolute Gasteiger partial charge is 0.416 e. The van der Waals surface area contributed by atoms with Crippen LogP contribution in [0.3, 0.4) is 0 Å². The van der Waals surface area contributed by atoms with Gasteiger partial charge in [-0.1, -0.05) is 59.7 Å². The van der Waals surface area contributed by atoms with E-state index in [4.69, 9.17) is 4.74 Å². The van der Waals surface area contributed by atoms with Gasteiger partial charge in [0.05, 0.1) is 18.8 Å². The third-order valence-electron chi connectivity index (χ3n) is 6.47. The first-order valence-corrected chi connectivity index (χ1v) is 11.4. The van der Waals surface area contributed by atoms with Gasteiger partial charge in [-0.15, -0.1) is 0 Å². The molecule has 1 aliphatic rings. The Kier molecular flexibility index (Phi) is 6.91. The number of piperidine rings is 1. The number of ether oxygens (including phenoxy) is 1. The summed E-state index contributed by atoms with van der Waals surface area (Å²) in [5.74, 6) is 0. The summed E-state index contributed by atoms with van der Waals surface area (Å²) in [6.07, 6.45) is -2.54. The Morgan fingerprint density at radius 1 is 0.848 bits per heavy atom. The summed E-state index contributed by atoms with van der Waals surface area (Å²) in [6, 6.07) is 20.4. The van der Waals surface area contributed by atoms with Crippen molar-refractivity contribution in [3.8, 4) is 11.1 Å². The zero-order valence-corrected chi connectivity index (χ0v) is 19.1. The highest BCUT2D eigenvalue weighted by atomic mass is 19.4. The van der Waals surface area contributed by atoms with Crippen molar-refractivity contribution in [3.63, 3.8) is 0 Å². The summed E-state index contributed by atoms with van der Waals surface area (Å²) in [5.41, 5.74) is 4.41. The van der Waals surface area contributed by atoms with Crippen molar-refractivity contribution in [1.82, 2.24) is 5.32 Å². The molecule has 0 atom stereocenters. The molecule has 1 aliphatic heterocycles. The van der Waals surface area contributed by atoms with Crippen molar-refractivity contribution in [2.45, 2.75) is 44.9 Å². The van der Waals surface area contributed by atoms with E-state index >= 15 is 0 Å². The van der Waals surface area contributed by atoms with Gasteiger partial charge in [0.25, 0.3) is 0 Å². The number of nitrogens with one attached hydrogen (secondary N) is 1. The standard InChI is InChI=1S/C28H30F3NO/c1-20-12-21(2)14-23(13-20)24-15-22(16-26(17-24)28(29,30)31)18-33-19-27(8-10-32-11-9-27)25-6-4-3-5-7-25/h3-7,12-17,32H,8-11,18-19H2,1-2H3. The van der Waals surface area contributed by atoms with Gasteiger partial charge in [0, 0.05) is 5.41 Å². The van der Waals surface area contributed by atoms with Crippen LogP contribution in [0.1, 0.15) is 40.7 Å². The van der Waals surface area contributed by atoms with Crippen LogP contribution in [0.4, 0.5) is 13.2 Å². The Morgan fingerprint density at radius 3 is 2.12 bits per heavy atom. The molecule has 3 aromatic carbocycles. The molecular formula is C28H30F3NO. The van der Waals surface area contributed by atoms with Gasteiger partial charge in [-0.05, 0) is 80.2 Å². The minimum absolute atomic E-state index is 0.120. The van der Waals surface area contributed by atoms with Crippen molar-refractivity contribution < 1.29 is 17.9 Å². The topological polar surface area (TPSA) is 21.3 Å². The minimum atomic E-state index is -4.41. The average Bonchev–Trinajstić information content (AvgIpc) is 2.79. The predicted molar refractivity (Wildman–Crippen MR) is 126 cm³/mol. The highest BCUT2D eigenvalue weighted by Crippen LogP contribution is 2.36. The number of rotatable bonds is 6. The third kappa shape index (κ3) is 5.66. The highest BCUT2D eigenvalue weighted by molar-refractivity contribution is 5.67. The van der Waals surface area contributed by atoms with Gasteiger partial charge >= 0.3 is 6.18 Å². The fourth-order valence-corrected chi connectivity index (χ4v) is 4.82. The quantitative estimate of drug-likeness (QED) is 0.442. The Balaban J connectivity index is 1.59. The summed E-state index contributed by atoms with van der Waals surface area (Å²) in [7, 11) is 0. The van der Waals surface area contributed by atoms with E-state index in [-0.39, 0.29) is 12.0 Å². The molecule has 5 heteroatoms. The maximum atomic E-state index is 13.7. The predicted octanol–water partition coefficient (Wildman–Crippen LogP) is 6.83. The number of hydrogen-bond donors (Lipinski definition) is 1. The summed E-state index contributed by atoms with van der Waals surface area (Å²) < 4.78 is 47.1. The summed E-state index contributed by atoms with van der Waals surface area (Å²) in [5, 5.41) is 3.40. The molecule has 0 aliphatic carbocycles. The lowest BCUT2D eigenvalue weighted by molar-refractivity contribution is -0.137. The van der Waals surface area contributed by atoms with Crippen LogP contribution in [0, 0.1) is 13.8 Å². The molecule has 174 valence electrons. The Bertz CT molecular complexity index is 1070. The molecule has 0 saturated carbocycles. The van der Waals surface area contributed by atoms with Crippen LogP contribution in [-0.2, 0) is 22.9 Å². The van der Waals surface area contributed by atoms with Crippen LogP contribution in [0.25, 0.3) is 11.1 Å². The van der Waals surface area contributed by atoms with Gasteiger partial charge < -0.3 is 10.1 Å². The molecule has 0 radical (unpaired) electrons. The molecule has 0 aromatic heterocycles. The highest BCUT2D eigenvalue weighted by Gasteiger charge is 2.34. The molecule has 0 bridgehead atoms. The lowest BCUT2D eigenvalue weighted by Gasteiger charge is -2.38. The normalized spacial score (nSPS) is 16.0. The first-order valence-electron chi connectivity index (χ1n) is 11.4. The monoisotopic (exact) mass is 453 g/mol. The number of aryl methyl sites for hydroxylation is 2. The zero-order valence-electron chi connectivity index (χ0n) is 19.1. The molecule has 0 unspecified atom stereocenters. The van der Waals surface area contributed by atoms with Gasteiger partial charge in [0.1, 0.15) is 0 Å². The lowest BCUT2D eigenvalue weighted by atomic mass is 9.74. The maximum Gasteiger partial charge on any atom is 0.416 e. The summed E-state index contributed by atoms with van der Waals surface area (Å²) in [4.78, 5) is 0. The van der Waals surface area contributed by atoms with Crippen LogP contribution in [0.5, 0.6) is 0 Å². The van der Waals surface area contributed by atoms with Crippen LogP contribution < -0.4 is 5.32 Å². The van der Waals surface area contributed by atoms with Gasteiger partial charge in [0.2, 0.25) is 0 Å². The fourth-order valence-electron chi connectivity index (χ4n) is 4.82. The van der Waals surface area contributed by atoms with Gasteiger partial charge in [-0.25, -0.2) is 0 Å². The van der Waals surface area contributed by atoms with Crippen LogP contribution in [0.2, 0.25) is 0 Å². The molecule has 2 nitrogen and oxygen atoms in total. The fraction of sp³-hybridized carbons (Fsp3) is 0.357. The number of benzene rings is 3. The van der Waals surface area contributed by atoms with Crippen molar-refractivity contribution >= 4 is 0 Å². The molecule has 1 heterocycles. The Hall–Kier alpha value is -2.63. The van der Waals surface area contributed by atoms with E-state index in [2.05, 4.69) is 17.4 Å². The second kappa shape index (κ2) is 9.70. The van der Waals surface area contributed by atoms with Crippen molar-refractivity contribution in [2.24, 2.45) is 0 Å². The van der Waals surface area contributed by atoms with E-state index in [9.17, 15) is 13.2 Å². The van der Waals surface area contributed by atoms with Gasteiger partial charge in [-0.2, -0.15) is 13.2 Å². The van der Waals surface area contributed by atoms with E-state index in [1.807, 2.05) is 56.3 Å². The molecule has 33 heavy (non-hydrogen) atoms. The molecule has 3 aromatic rings. The molecule has 1 N–H and O–H groups in total. The number of halogens is 3. The van der Waals surface area contributed by atoms with E-state index in [1.54, 1.807) is 0 Å². The average molecular weight is 454 g/mol. The number of alkyl halides is 3. The van der Waals surface area contributed by atoms with Gasteiger partial charge in [-0.3, -0.25) is 0 Å². The maximum absolute atomic E-state index is 13.7. The molecule has 0 amide bonds. The summed E-state index contributed by atoms with van der Waals surface area (Å²) in [6.45, 7) is 6.33. The molecule has 4 rings (SSSR count). The van der Waals surface area contributed by atoms with Gasteiger partial charge in [0.15, 0.2) is 0 Å². The first-order chi connectivity index (χ1) is 15.7.